The molecule has 2 amide bonds. The van der Waals surface area contributed by atoms with E-state index in [2.05, 4.69) is 10.6 Å². The van der Waals surface area contributed by atoms with Gasteiger partial charge in [-0.05, 0) is 42.9 Å². The second-order valence-corrected chi connectivity index (χ2v) is 7.22. The number of hydrogen-bond donors (Lipinski definition) is 2. The van der Waals surface area contributed by atoms with Crippen molar-refractivity contribution in [1.82, 2.24) is 15.5 Å². The van der Waals surface area contributed by atoms with Crippen LogP contribution in [-0.4, -0.2) is 42.9 Å². The first-order valence-corrected chi connectivity index (χ1v) is 8.89. The fraction of sp³-hybridized carbons (Fsp3) is 0.579. The third kappa shape index (κ3) is 3.78. The van der Waals surface area contributed by atoms with Gasteiger partial charge in [0.1, 0.15) is 0 Å². The Morgan fingerprint density at radius 3 is 2.54 bits per heavy atom. The fourth-order valence-electron chi connectivity index (χ4n) is 3.86. The van der Waals surface area contributed by atoms with Crippen LogP contribution in [-0.2, 0) is 11.3 Å². The topological polar surface area (TPSA) is 61.4 Å². The highest BCUT2D eigenvalue weighted by atomic mass is 16.2. The lowest BCUT2D eigenvalue weighted by Gasteiger charge is -2.24. The SMILES string of the molecule is CN(C)C(=O)c1ccc(CNC(=O)C2CC3CCCCC3N2)cc1. The van der Waals surface area contributed by atoms with E-state index in [1.807, 2.05) is 24.3 Å². The van der Waals surface area contributed by atoms with Gasteiger partial charge in [-0.2, -0.15) is 0 Å². The molecule has 1 aromatic rings. The van der Waals surface area contributed by atoms with Gasteiger partial charge in [0.15, 0.2) is 0 Å². The Morgan fingerprint density at radius 2 is 1.88 bits per heavy atom. The fourth-order valence-corrected chi connectivity index (χ4v) is 3.86. The van der Waals surface area contributed by atoms with E-state index >= 15 is 0 Å². The molecule has 5 nitrogen and oxygen atoms in total. The maximum atomic E-state index is 12.4. The Morgan fingerprint density at radius 1 is 1.17 bits per heavy atom. The molecule has 1 aromatic carbocycles. The highest BCUT2D eigenvalue weighted by Gasteiger charge is 2.37. The van der Waals surface area contributed by atoms with Crippen LogP contribution < -0.4 is 10.6 Å². The first kappa shape index (κ1) is 17.0. The molecule has 3 atom stereocenters. The number of nitrogens with zero attached hydrogens (tertiary/aromatic N) is 1. The molecular weight excluding hydrogens is 302 g/mol. The lowest BCUT2D eigenvalue weighted by Crippen LogP contribution is -2.42. The van der Waals surface area contributed by atoms with Gasteiger partial charge in [-0.3, -0.25) is 9.59 Å². The average Bonchev–Trinajstić information content (AvgIpc) is 3.03. The molecule has 0 bridgehead atoms. The van der Waals surface area contributed by atoms with Crippen molar-refractivity contribution in [3.63, 3.8) is 0 Å². The predicted octanol–water partition coefficient (Wildman–Crippen LogP) is 1.93. The molecule has 1 aliphatic heterocycles. The third-order valence-electron chi connectivity index (χ3n) is 5.25. The molecule has 3 unspecified atom stereocenters. The zero-order valence-corrected chi connectivity index (χ0v) is 14.5. The van der Waals surface area contributed by atoms with Gasteiger partial charge in [0.2, 0.25) is 5.91 Å². The van der Waals surface area contributed by atoms with E-state index in [1.54, 1.807) is 19.0 Å². The quantitative estimate of drug-likeness (QED) is 0.887. The van der Waals surface area contributed by atoms with Crippen LogP contribution in [0.4, 0.5) is 0 Å². The Labute approximate surface area is 143 Å². The number of nitrogens with one attached hydrogen (secondary N) is 2. The van der Waals surface area contributed by atoms with E-state index in [0.29, 0.717) is 24.1 Å². The Hall–Kier alpha value is -1.88. The smallest absolute Gasteiger partial charge is 0.253 e. The van der Waals surface area contributed by atoms with Crippen LogP contribution in [0.1, 0.15) is 48.0 Å². The van der Waals surface area contributed by atoms with Crippen molar-refractivity contribution in [2.45, 2.75) is 50.7 Å². The Kier molecular flexibility index (Phi) is 5.19. The van der Waals surface area contributed by atoms with E-state index in [1.165, 1.54) is 25.7 Å². The summed E-state index contributed by atoms with van der Waals surface area (Å²) in [5.41, 5.74) is 1.67. The van der Waals surface area contributed by atoms with Crippen molar-refractivity contribution in [1.29, 1.82) is 0 Å². The largest absolute Gasteiger partial charge is 0.351 e. The van der Waals surface area contributed by atoms with Crippen molar-refractivity contribution < 1.29 is 9.59 Å². The molecule has 5 heteroatoms. The molecule has 1 aliphatic carbocycles. The Bertz CT molecular complexity index is 583. The standard InChI is InChI=1S/C19H27N3O2/c1-22(2)19(24)14-9-7-13(8-10-14)12-20-18(23)17-11-15-5-3-4-6-16(15)21-17/h7-10,15-17,21H,3-6,11-12H2,1-2H3,(H,20,23). The van der Waals surface area contributed by atoms with Gasteiger partial charge in [0.05, 0.1) is 6.04 Å². The lowest BCUT2D eigenvalue weighted by molar-refractivity contribution is -0.123. The summed E-state index contributed by atoms with van der Waals surface area (Å²) in [6.45, 7) is 0.503. The predicted molar refractivity (Wildman–Crippen MR) is 93.6 cm³/mol. The van der Waals surface area contributed by atoms with Crippen LogP contribution in [0, 0.1) is 5.92 Å². The molecule has 2 fully saturated rings. The van der Waals surface area contributed by atoms with Crippen molar-refractivity contribution in [2.24, 2.45) is 5.92 Å². The van der Waals surface area contributed by atoms with Gasteiger partial charge in [0.25, 0.3) is 5.91 Å². The summed E-state index contributed by atoms with van der Waals surface area (Å²) in [6, 6.07) is 7.91. The minimum absolute atomic E-state index is 0.0108. The number of carbonyl (C=O) groups is 2. The normalized spacial score (nSPS) is 25.8. The summed E-state index contributed by atoms with van der Waals surface area (Å²) in [4.78, 5) is 25.8. The molecule has 1 saturated heterocycles. The molecule has 2 N–H and O–H groups in total. The van der Waals surface area contributed by atoms with Gasteiger partial charge < -0.3 is 15.5 Å². The van der Waals surface area contributed by atoms with E-state index in [0.717, 1.165) is 12.0 Å². The summed E-state index contributed by atoms with van der Waals surface area (Å²) in [5, 5.41) is 6.53. The molecule has 0 radical (unpaired) electrons. The van der Waals surface area contributed by atoms with E-state index in [-0.39, 0.29) is 17.9 Å². The molecule has 130 valence electrons. The summed E-state index contributed by atoms with van der Waals surface area (Å²) < 4.78 is 0. The van der Waals surface area contributed by atoms with Gasteiger partial charge in [-0.15, -0.1) is 0 Å². The van der Waals surface area contributed by atoms with Crippen molar-refractivity contribution in [2.75, 3.05) is 14.1 Å². The van der Waals surface area contributed by atoms with Crippen molar-refractivity contribution in [3.05, 3.63) is 35.4 Å². The summed E-state index contributed by atoms with van der Waals surface area (Å²) in [5.74, 6) is 0.757. The minimum atomic E-state index is -0.0484. The van der Waals surface area contributed by atoms with E-state index < -0.39 is 0 Å². The van der Waals surface area contributed by atoms with Crippen LogP contribution in [0.2, 0.25) is 0 Å². The molecule has 3 rings (SSSR count). The van der Waals surface area contributed by atoms with Gasteiger partial charge in [-0.25, -0.2) is 0 Å². The summed E-state index contributed by atoms with van der Waals surface area (Å²) >= 11 is 0. The maximum absolute atomic E-state index is 12.4. The highest BCUT2D eigenvalue weighted by molar-refractivity contribution is 5.93. The second-order valence-electron chi connectivity index (χ2n) is 7.22. The zero-order chi connectivity index (χ0) is 17.1. The maximum Gasteiger partial charge on any atom is 0.253 e. The van der Waals surface area contributed by atoms with Crippen LogP contribution in [0.5, 0.6) is 0 Å². The Balaban J connectivity index is 1.50. The average molecular weight is 329 g/mol. The molecular formula is C19H27N3O2. The van der Waals surface area contributed by atoms with E-state index in [4.69, 9.17) is 0 Å². The first-order valence-electron chi connectivity index (χ1n) is 8.89. The number of benzene rings is 1. The van der Waals surface area contributed by atoms with Crippen LogP contribution in [0.3, 0.4) is 0 Å². The summed E-state index contributed by atoms with van der Waals surface area (Å²) in [6.07, 6.45) is 6.00. The van der Waals surface area contributed by atoms with Crippen molar-refractivity contribution >= 4 is 11.8 Å². The zero-order valence-electron chi connectivity index (χ0n) is 14.5. The number of fused-ring (bicyclic) bond motifs is 1. The van der Waals surface area contributed by atoms with Crippen LogP contribution >= 0.6 is 0 Å². The molecule has 0 spiro atoms. The first-order chi connectivity index (χ1) is 11.5. The highest BCUT2D eigenvalue weighted by Crippen LogP contribution is 2.33. The number of amides is 2. The summed E-state index contributed by atoms with van der Waals surface area (Å²) in [7, 11) is 3.48. The van der Waals surface area contributed by atoms with Crippen molar-refractivity contribution in [3.8, 4) is 0 Å². The molecule has 0 aromatic heterocycles. The molecule has 1 heterocycles. The van der Waals surface area contributed by atoms with Crippen LogP contribution in [0.15, 0.2) is 24.3 Å². The van der Waals surface area contributed by atoms with Gasteiger partial charge in [-0.1, -0.05) is 25.0 Å². The molecule has 2 aliphatic rings. The second kappa shape index (κ2) is 7.34. The minimum Gasteiger partial charge on any atom is -0.351 e. The third-order valence-corrected chi connectivity index (χ3v) is 5.25. The van der Waals surface area contributed by atoms with Gasteiger partial charge in [0, 0.05) is 32.2 Å². The van der Waals surface area contributed by atoms with E-state index in [9.17, 15) is 9.59 Å². The molecule has 1 saturated carbocycles. The monoisotopic (exact) mass is 329 g/mol. The molecule has 24 heavy (non-hydrogen) atoms. The number of rotatable bonds is 4. The number of hydrogen-bond acceptors (Lipinski definition) is 3. The van der Waals surface area contributed by atoms with Gasteiger partial charge >= 0.3 is 0 Å². The number of carbonyl (C=O) groups excluding carboxylic acids is 2. The van der Waals surface area contributed by atoms with Crippen LogP contribution in [0.25, 0.3) is 0 Å². The lowest BCUT2D eigenvalue weighted by atomic mass is 9.85.